The van der Waals surface area contributed by atoms with Crippen LogP contribution in [0.25, 0.3) is 0 Å². The first kappa shape index (κ1) is 18.9. The third-order valence-electron chi connectivity index (χ3n) is 4.70. The van der Waals surface area contributed by atoms with Crippen LogP contribution < -0.4 is 10.2 Å². The Kier molecular flexibility index (Phi) is 6.46. The lowest BCUT2D eigenvalue weighted by Crippen LogP contribution is -2.49. The number of aromatic nitrogens is 1. The van der Waals surface area contributed by atoms with Gasteiger partial charge in [0, 0.05) is 38.9 Å². The van der Waals surface area contributed by atoms with Crippen molar-refractivity contribution in [1.29, 1.82) is 0 Å². The molecular formula is C20H26N4O3. The fourth-order valence-electron chi connectivity index (χ4n) is 3.08. The van der Waals surface area contributed by atoms with Crippen LogP contribution in [0, 0.1) is 0 Å². The van der Waals surface area contributed by atoms with Gasteiger partial charge in [-0.3, -0.25) is 9.59 Å². The molecule has 0 bridgehead atoms. The number of anilines is 1. The van der Waals surface area contributed by atoms with Gasteiger partial charge in [-0.2, -0.15) is 0 Å². The van der Waals surface area contributed by atoms with Gasteiger partial charge < -0.3 is 19.5 Å². The summed E-state index contributed by atoms with van der Waals surface area (Å²) in [6, 6.07) is 7.07. The number of rotatable bonds is 7. The third-order valence-corrected chi connectivity index (χ3v) is 4.70. The summed E-state index contributed by atoms with van der Waals surface area (Å²) in [5.41, 5.74) is 0.571. The molecule has 3 heterocycles. The lowest BCUT2D eigenvalue weighted by atomic mass is 10.2. The third kappa shape index (κ3) is 4.87. The Morgan fingerprint density at radius 2 is 1.96 bits per heavy atom. The van der Waals surface area contributed by atoms with Crippen molar-refractivity contribution in [2.75, 3.05) is 37.6 Å². The monoisotopic (exact) mass is 370 g/mol. The minimum absolute atomic E-state index is 0.0808. The Balaban J connectivity index is 1.50. The number of amides is 2. The number of carbonyl (C=O) groups is 2. The van der Waals surface area contributed by atoms with Crippen molar-refractivity contribution in [1.82, 2.24) is 15.2 Å². The summed E-state index contributed by atoms with van der Waals surface area (Å²) in [4.78, 5) is 32.7. The minimum atomic E-state index is -0.0842. The van der Waals surface area contributed by atoms with E-state index in [0.29, 0.717) is 44.0 Å². The molecule has 1 aliphatic heterocycles. The summed E-state index contributed by atoms with van der Waals surface area (Å²) >= 11 is 0. The van der Waals surface area contributed by atoms with Crippen molar-refractivity contribution in [3.63, 3.8) is 0 Å². The first-order valence-corrected chi connectivity index (χ1v) is 9.51. The maximum Gasteiger partial charge on any atom is 0.289 e. The zero-order chi connectivity index (χ0) is 19.1. The number of nitrogens with one attached hydrogen (secondary N) is 1. The molecular weight excluding hydrogens is 344 g/mol. The molecule has 0 unspecified atom stereocenters. The molecule has 1 fully saturated rings. The van der Waals surface area contributed by atoms with Crippen LogP contribution in [-0.4, -0.2) is 54.4 Å². The van der Waals surface area contributed by atoms with Crippen molar-refractivity contribution in [3.8, 4) is 0 Å². The van der Waals surface area contributed by atoms with Crippen LogP contribution in [0.4, 0.5) is 5.82 Å². The summed E-state index contributed by atoms with van der Waals surface area (Å²) < 4.78 is 5.18. The molecule has 0 saturated carbocycles. The molecule has 7 nitrogen and oxygen atoms in total. The van der Waals surface area contributed by atoms with Crippen LogP contribution in [0.5, 0.6) is 0 Å². The quantitative estimate of drug-likeness (QED) is 0.758. The second-order valence-electron chi connectivity index (χ2n) is 6.62. The largest absolute Gasteiger partial charge is 0.459 e. The number of piperazine rings is 1. The summed E-state index contributed by atoms with van der Waals surface area (Å²) in [6.07, 6.45) is 6.37. The lowest BCUT2D eigenvalue weighted by Gasteiger charge is -2.35. The topological polar surface area (TPSA) is 78.7 Å². The molecule has 1 saturated heterocycles. The van der Waals surface area contributed by atoms with E-state index < -0.39 is 0 Å². The highest BCUT2D eigenvalue weighted by molar-refractivity contribution is 5.94. The van der Waals surface area contributed by atoms with Crippen molar-refractivity contribution >= 4 is 17.6 Å². The second-order valence-corrected chi connectivity index (χ2v) is 6.62. The lowest BCUT2D eigenvalue weighted by molar-refractivity contribution is 0.0714. The number of unbranched alkanes of at least 4 members (excludes halogenated alkanes) is 2. The highest BCUT2D eigenvalue weighted by Crippen LogP contribution is 2.16. The van der Waals surface area contributed by atoms with E-state index in [1.54, 1.807) is 29.3 Å². The van der Waals surface area contributed by atoms with Gasteiger partial charge in [0.25, 0.3) is 11.8 Å². The first-order valence-electron chi connectivity index (χ1n) is 9.51. The number of pyridine rings is 1. The van der Waals surface area contributed by atoms with Crippen molar-refractivity contribution in [3.05, 3.63) is 48.0 Å². The van der Waals surface area contributed by atoms with Gasteiger partial charge >= 0.3 is 0 Å². The van der Waals surface area contributed by atoms with E-state index in [0.717, 1.165) is 25.1 Å². The van der Waals surface area contributed by atoms with E-state index in [-0.39, 0.29) is 11.8 Å². The molecule has 0 spiro atoms. The van der Waals surface area contributed by atoms with E-state index in [9.17, 15) is 9.59 Å². The Morgan fingerprint density at radius 1 is 1.15 bits per heavy atom. The molecule has 2 aromatic heterocycles. The highest BCUT2D eigenvalue weighted by atomic mass is 16.3. The van der Waals surface area contributed by atoms with Crippen molar-refractivity contribution < 1.29 is 14.0 Å². The standard InChI is InChI=1S/C20H26N4O3/c1-2-3-4-9-21-19(25)16-7-8-18(22-15-16)23-10-12-24(13-11-23)20(26)17-6-5-14-27-17/h5-8,14-15H,2-4,9-13H2,1H3,(H,21,25). The molecule has 2 aromatic rings. The summed E-state index contributed by atoms with van der Waals surface area (Å²) in [7, 11) is 0. The molecule has 0 aliphatic carbocycles. The first-order chi connectivity index (χ1) is 13.2. The minimum Gasteiger partial charge on any atom is -0.459 e. The van der Waals surface area contributed by atoms with Crippen molar-refractivity contribution in [2.24, 2.45) is 0 Å². The molecule has 0 atom stereocenters. The molecule has 1 aliphatic rings. The van der Waals surface area contributed by atoms with Gasteiger partial charge in [0.1, 0.15) is 5.82 Å². The summed E-state index contributed by atoms with van der Waals surface area (Å²) in [5.74, 6) is 1.03. The average molecular weight is 370 g/mol. The molecule has 27 heavy (non-hydrogen) atoms. The molecule has 1 N–H and O–H groups in total. The number of hydrogen-bond donors (Lipinski definition) is 1. The second kappa shape index (κ2) is 9.21. The number of furan rings is 1. The van der Waals surface area contributed by atoms with Crippen LogP contribution in [0.2, 0.25) is 0 Å². The number of nitrogens with zero attached hydrogens (tertiary/aromatic N) is 3. The SMILES string of the molecule is CCCCCNC(=O)c1ccc(N2CCN(C(=O)c3ccco3)CC2)nc1. The predicted molar refractivity (Wildman–Crippen MR) is 103 cm³/mol. The fraction of sp³-hybridized carbons (Fsp3) is 0.450. The maximum absolute atomic E-state index is 12.3. The van der Waals surface area contributed by atoms with Crippen LogP contribution >= 0.6 is 0 Å². The molecule has 2 amide bonds. The van der Waals surface area contributed by atoms with E-state index >= 15 is 0 Å². The highest BCUT2D eigenvalue weighted by Gasteiger charge is 2.24. The molecule has 0 radical (unpaired) electrons. The molecule has 144 valence electrons. The van der Waals surface area contributed by atoms with Crippen LogP contribution in [0.3, 0.4) is 0 Å². The van der Waals surface area contributed by atoms with E-state index in [1.807, 2.05) is 6.07 Å². The Bertz CT molecular complexity index is 735. The van der Waals surface area contributed by atoms with Gasteiger partial charge in [0.2, 0.25) is 0 Å². The zero-order valence-electron chi connectivity index (χ0n) is 15.7. The summed E-state index contributed by atoms with van der Waals surface area (Å²) in [5, 5.41) is 2.92. The van der Waals surface area contributed by atoms with Gasteiger partial charge in [-0.1, -0.05) is 19.8 Å². The average Bonchev–Trinajstić information content (AvgIpc) is 3.26. The smallest absolute Gasteiger partial charge is 0.289 e. The van der Waals surface area contributed by atoms with Crippen LogP contribution in [-0.2, 0) is 0 Å². The van der Waals surface area contributed by atoms with E-state index in [1.165, 1.54) is 6.26 Å². The predicted octanol–water partition coefficient (Wildman–Crippen LogP) is 2.56. The molecule has 0 aromatic carbocycles. The molecule has 7 heteroatoms. The Morgan fingerprint density at radius 3 is 2.59 bits per heavy atom. The number of hydrogen-bond acceptors (Lipinski definition) is 5. The van der Waals surface area contributed by atoms with Gasteiger partial charge in [-0.15, -0.1) is 0 Å². The van der Waals surface area contributed by atoms with E-state index in [2.05, 4.69) is 22.1 Å². The number of carbonyl (C=O) groups excluding carboxylic acids is 2. The van der Waals surface area contributed by atoms with E-state index in [4.69, 9.17) is 4.42 Å². The van der Waals surface area contributed by atoms with Gasteiger partial charge in [-0.05, 0) is 30.7 Å². The van der Waals surface area contributed by atoms with Gasteiger partial charge in [-0.25, -0.2) is 4.98 Å². The zero-order valence-corrected chi connectivity index (χ0v) is 15.7. The normalized spacial score (nSPS) is 14.3. The Hall–Kier alpha value is -2.83. The van der Waals surface area contributed by atoms with Crippen molar-refractivity contribution in [2.45, 2.75) is 26.2 Å². The van der Waals surface area contributed by atoms with Gasteiger partial charge in [0.05, 0.1) is 11.8 Å². The van der Waals surface area contributed by atoms with Crippen LogP contribution in [0.1, 0.15) is 47.1 Å². The fourth-order valence-corrected chi connectivity index (χ4v) is 3.08. The maximum atomic E-state index is 12.3. The summed E-state index contributed by atoms with van der Waals surface area (Å²) in [6.45, 7) is 5.45. The van der Waals surface area contributed by atoms with Crippen LogP contribution in [0.15, 0.2) is 41.1 Å². The molecule has 3 rings (SSSR count). The Labute approximate surface area is 159 Å². The van der Waals surface area contributed by atoms with Gasteiger partial charge in [0.15, 0.2) is 5.76 Å².